The number of aliphatic hydroxyl groups excluding tert-OH is 2. The topological polar surface area (TPSA) is 78.5 Å². The lowest BCUT2D eigenvalue weighted by atomic mass is 10.5. The molecule has 0 aliphatic rings. The zero-order valence-corrected chi connectivity index (χ0v) is 4.67. The number of rotatable bonds is 4. The van der Waals surface area contributed by atoms with Crippen LogP contribution in [0.2, 0.25) is 0 Å². The molecule has 5 N–H and O–H groups in total. The first kappa shape index (κ1) is 7.84. The summed E-state index contributed by atoms with van der Waals surface area (Å²) >= 11 is 0. The van der Waals surface area contributed by atoms with E-state index < -0.39 is 6.23 Å². The number of aliphatic hydroxyl groups is 2. The van der Waals surface area contributed by atoms with Gasteiger partial charge < -0.3 is 21.3 Å². The van der Waals surface area contributed by atoms with Crippen LogP contribution >= 0.6 is 0 Å². The van der Waals surface area contributed by atoms with Gasteiger partial charge in [0.15, 0.2) is 0 Å². The molecule has 50 valence electrons. The maximum Gasteiger partial charge on any atom is 0.115 e. The monoisotopic (exact) mass is 120 g/mol. The Bertz CT molecular complexity index is 49.3. The van der Waals surface area contributed by atoms with Crippen LogP contribution in [0.3, 0.4) is 0 Å². The summed E-state index contributed by atoms with van der Waals surface area (Å²) in [7, 11) is 0. The quantitative estimate of drug-likeness (QED) is 0.252. The molecule has 0 aromatic carbocycles. The second-order valence-corrected chi connectivity index (χ2v) is 1.50. The van der Waals surface area contributed by atoms with Crippen LogP contribution in [-0.4, -0.2) is 36.1 Å². The summed E-state index contributed by atoms with van der Waals surface area (Å²) in [6.45, 7) is 0.890. The fourth-order valence-electron chi connectivity index (χ4n) is 0.329. The van der Waals surface area contributed by atoms with Gasteiger partial charge in [0.25, 0.3) is 0 Å². The lowest BCUT2D eigenvalue weighted by molar-refractivity contribution is 0.175. The molecule has 1 atom stereocenters. The number of nitrogens with one attached hydrogen (secondary N) is 1. The summed E-state index contributed by atoms with van der Waals surface area (Å²) < 4.78 is 0. The van der Waals surface area contributed by atoms with Gasteiger partial charge in [0.2, 0.25) is 0 Å². The van der Waals surface area contributed by atoms with Crippen molar-refractivity contribution in [2.75, 3.05) is 19.7 Å². The predicted molar refractivity (Wildman–Crippen MR) is 30.1 cm³/mol. The fraction of sp³-hybridized carbons (Fsp3) is 1.00. The van der Waals surface area contributed by atoms with Gasteiger partial charge in [0.05, 0.1) is 6.61 Å². The first-order chi connectivity index (χ1) is 3.77. The highest BCUT2D eigenvalue weighted by Crippen LogP contribution is 1.62. The van der Waals surface area contributed by atoms with Gasteiger partial charge in [-0.15, -0.1) is 0 Å². The largest absolute Gasteiger partial charge is 0.395 e. The van der Waals surface area contributed by atoms with Crippen molar-refractivity contribution in [3.05, 3.63) is 0 Å². The summed E-state index contributed by atoms with van der Waals surface area (Å²) in [6, 6.07) is 0. The van der Waals surface area contributed by atoms with Crippen LogP contribution < -0.4 is 11.1 Å². The molecule has 0 amide bonds. The number of hydrogen-bond acceptors (Lipinski definition) is 4. The van der Waals surface area contributed by atoms with E-state index in [-0.39, 0.29) is 6.61 Å². The summed E-state index contributed by atoms with van der Waals surface area (Å²) in [4.78, 5) is 0. The van der Waals surface area contributed by atoms with Crippen molar-refractivity contribution < 1.29 is 10.2 Å². The molecule has 4 heteroatoms. The van der Waals surface area contributed by atoms with Crippen LogP contribution in [0, 0.1) is 0 Å². The van der Waals surface area contributed by atoms with Crippen LogP contribution in [-0.2, 0) is 0 Å². The smallest absolute Gasteiger partial charge is 0.115 e. The molecule has 4 nitrogen and oxygen atoms in total. The predicted octanol–water partition coefficient (Wildman–Crippen LogP) is -2.15. The molecule has 0 aromatic rings. The Morgan fingerprint density at radius 2 is 2.25 bits per heavy atom. The lowest BCUT2D eigenvalue weighted by Crippen LogP contribution is -2.34. The van der Waals surface area contributed by atoms with E-state index in [1.54, 1.807) is 0 Å². The van der Waals surface area contributed by atoms with E-state index in [2.05, 4.69) is 5.32 Å². The second-order valence-electron chi connectivity index (χ2n) is 1.50. The third-order valence-electron chi connectivity index (χ3n) is 0.642. The minimum Gasteiger partial charge on any atom is -0.395 e. The number of hydrogen-bond donors (Lipinski definition) is 4. The van der Waals surface area contributed by atoms with Crippen molar-refractivity contribution in [3.63, 3.8) is 0 Å². The minimum absolute atomic E-state index is 0.0761. The molecule has 0 spiro atoms. The molecule has 0 heterocycles. The molecule has 8 heavy (non-hydrogen) atoms. The van der Waals surface area contributed by atoms with Crippen LogP contribution in [0.25, 0.3) is 0 Å². The first-order valence-electron chi connectivity index (χ1n) is 2.52. The first-order valence-corrected chi connectivity index (χ1v) is 2.52. The molecular formula is C4H12N2O2. The average Bonchev–Trinajstić information content (AvgIpc) is 1.66. The SMILES string of the molecule is NC(O)CNCCO. The van der Waals surface area contributed by atoms with Gasteiger partial charge in [-0.3, -0.25) is 0 Å². The zero-order chi connectivity index (χ0) is 6.41. The Balaban J connectivity index is 2.72. The van der Waals surface area contributed by atoms with Crippen molar-refractivity contribution in [3.8, 4) is 0 Å². The van der Waals surface area contributed by atoms with Crippen molar-refractivity contribution >= 4 is 0 Å². The molecule has 0 aromatic heterocycles. The van der Waals surface area contributed by atoms with E-state index in [9.17, 15) is 0 Å². The maximum atomic E-state index is 8.41. The molecule has 0 radical (unpaired) electrons. The summed E-state index contributed by atoms with van der Waals surface area (Å²) in [6.07, 6.45) is -0.818. The summed E-state index contributed by atoms with van der Waals surface area (Å²) in [5.41, 5.74) is 4.94. The van der Waals surface area contributed by atoms with Gasteiger partial charge in [0, 0.05) is 13.1 Å². The van der Waals surface area contributed by atoms with Crippen molar-refractivity contribution in [2.45, 2.75) is 6.23 Å². The molecule has 0 bridgehead atoms. The Kier molecular flexibility index (Phi) is 4.89. The lowest BCUT2D eigenvalue weighted by Gasteiger charge is -2.03. The van der Waals surface area contributed by atoms with Gasteiger partial charge >= 0.3 is 0 Å². The van der Waals surface area contributed by atoms with Gasteiger partial charge in [-0.25, -0.2) is 0 Å². The molecular weight excluding hydrogens is 108 g/mol. The van der Waals surface area contributed by atoms with Crippen molar-refractivity contribution in [2.24, 2.45) is 5.73 Å². The highest BCUT2D eigenvalue weighted by atomic mass is 16.3. The van der Waals surface area contributed by atoms with Crippen LogP contribution in [0.5, 0.6) is 0 Å². The highest BCUT2D eigenvalue weighted by molar-refractivity contribution is 4.48. The second kappa shape index (κ2) is 4.99. The van der Waals surface area contributed by atoms with Crippen molar-refractivity contribution in [1.82, 2.24) is 5.32 Å². The standard InChI is InChI=1S/C4H12N2O2/c5-4(8)3-6-1-2-7/h4,6-8H,1-3,5H2. The fourth-order valence-corrected chi connectivity index (χ4v) is 0.329. The van der Waals surface area contributed by atoms with E-state index in [4.69, 9.17) is 15.9 Å². The molecule has 0 saturated heterocycles. The van der Waals surface area contributed by atoms with E-state index in [0.717, 1.165) is 0 Å². The molecule has 0 saturated carbocycles. The molecule has 1 unspecified atom stereocenters. The normalized spacial score (nSPS) is 13.9. The molecule has 0 fully saturated rings. The number of nitrogens with two attached hydrogens (primary N) is 1. The minimum atomic E-state index is -0.818. The van der Waals surface area contributed by atoms with Gasteiger partial charge in [0.1, 0.15) is 6.23 Å². The molecule has 0 aliphatic heterocycles. The van der Waals surface area contributed by atoms with Crippen LogP contribution in [0.4, 0.5) is 0 Å². The Labute approximate surface area is 48.3 Å². The summed E-state index contributed by atoms with van der Waals surface area (Å²) in [5, 5.41) is 19.3. The van der Waals surface area contributed by atoms with E-state index in [1.807, 2.05) is 0 Å². The zero-order valence-electron chi connectivity index (χ0n) is 4.67. The third-order valence-corrected chi connectivity index (χ3v) is 0.642. The van der Waals surface area contributed by atoms with Crippen molar-refractivity contribution in [1.29, 1.82) is 0 Å². The van der Waals surface area contributed by atoms with E-state index in [1.165, 1.54) is 0 Å². The molecule has 0 rings (SSSR count). The Morgan fingerprint density at radius 1 is 1.62 bits per heavy atom. The van der Waals surface area contributed by atoms with Gasteiger partial charge in [-0.2, -0.15) is 0 Å². The van der Waals surface area contributed by atoms with E-state index in [0.29, 0.717) is 13.1 Å². The van der Waals surface area contributed by atoms with Gasteiger partial charge in [-0.1, -0.05) is 0 Å². The highest BCUT2D eigenvalue weighted by Gasteiger charge is 1.90. The van der Waals surface area contributed by atoms with E-state index >= 15 is 0 Å². The maximum absolute atomic E-state index is 8.41. The van der Waals surface area contributed by atoms with Gasteiger partial charge in [-0.05, 0) is 0 Å². The summed E-state index contributed by atoms with van der Waals surface area (Å²) in [5.74, 6) is 0. The molecule has 0 aliphatic carbocycles. The van der Waals surface area contributed by atoms with Crippen LogP contribution in [0.1, 0.15) is 0 Å². The Morgan fingerprint density at radius 3 is 2.62 bits per heavy atom. The third kappa shape index (κ3) is 5.84. The van der Waals surface area contributed by atoms with Crippen LogP contribution in [0.15, 0.2) is 0 Å². The average molecular weight is 120 g/mol. The Hall–Kier alpha value is -0.160.